The summed E-state index contributed by atoms with van der Waals surface area (Å²) in [5, 5.41) is 4.48. The van der Waals surface area contributed by atoms with Gasteiger partial charge in [-0.3, -0.25) is 9.48 Å². The Morgan fingerprint density at radius 2 is 2.15 bits per heavy atom. The number of likely N-dealkylation sites (tertiary alicyclic amines) is 1. The molecule has 2 aromatic heterocycles. The molecule has 0 aliphatic carbocycles. The van der Waals surface area contributed by atoms with Crippen LogP contribution in [0.4, 0.5) is 0 Å². The topological polar surface area (TPSA) is 56.0 Å². The second-order valence-electron chi connectivity index (χ2n) is 5.45. The van der Waals surface area contributed by atoms with Crippen LogP contribution in [0.2, 0.25) is 0 Å². The second kappa shape index (κ2) is 4.77. The fraction of sp³-hybridized carbons (Fsp3) is 0.500. The number of carbonyl (C=O) groups is 1. The smallest absolute Gasteiger partial charge is 0.245 e. The van der Waals surface area contributed by atoms with Crippen LogP contribution in [0.1, 0.15) is 30.4 Å². The standard InChI is InChI=1S/C14H19N5O/c1-10-6-11(2)19(16-10)13-7-18(8-13)14(20)12(3)17-5-4-15-9-17/h4-6,9,12-13H,7-8H2,1-3H3/t12-/m0/s1. The van der Waals surface area contributed by atoms with Gasteiger partial charge >= 0.3 is 0 Å². The predicted octanol–water partition coefficient (Wildman–Crippen LogP) is 1.34. The number of nitrogens with zero attached hydrogens (tertiary/aromatic N) is 5. The highest BCUT2D eigenvalue weighted by Gasteiger charge is 2.35. The van der Waals surface area contributed by atoms with Crippen molar-refractivity contribution in [3.05, 3.63) is 36.2 Å². The maximum atomic E-state index is 12.3. The molecule has 0 bridgehead atoms. The zero-order valence-corrected chi connectivity index (χ0v) is 12.0. The summed E-state index contributed by atoms with van der Waals surface area (Å²) in [4.78, 5) is 18.2. The van der Waals surface area contributed by atoms with Gasteiger partial charge in [0.2, 0.25) is 5.91 Å². The minimum absolute atomic E-state index is 0.140. The molecule has 1 fully saturated rings. The van der Waals surface area contributed by atoms with Gasteiger partial charge in [-0.1, -0.05) is 0 Å². The van der Waals surface area contributed by atoms with Crippen molar-refractivity contribution in [2.24, 2.45) is 0 Å². The molecule has 0 N–H and O–H groups in total. The molecule has 1 saturated heterocycles. The van der Waals surface area contributed by atoms with Crippen LogP contribution in [-0.4, -0.2) is 43.2 Å². The van der Waals surface area contributed by atoms with Gasteiger partial charge in [0.05, 0.1) is 18.1 Å². The normalized spacial score (nSPS) is 17.1. The van der Waals surface area contributed by atoms with Crippen molar-refractivity contribution >= 4 is 5.91 Å². The Balaban J connectivity index is 1.63. The summed E-state index contributed by atoms with van der Waals surface area (Å²) in [7, 11) is 0. The molecule has 1 atom stereocenters. The summed E-state index contributed by atoms with van der Waals surface area (Å²) < 4.78 is 3.86. The van der Waals surface area contributed by atoms with E-state index in [0.717, 1.165) is 24.5 Å². The lowest BCUT2D eigenvalue weighted by Gasteiger charge is -2.41. The summed E-state index contributed by atoms with van der Waals surface area (Å²) in [5.74, 6) is 0.140. The van der Waals surface area contributed by atoms with Crippen LogP contribution in [0.15, 0.2) is 24.8 Å². The molecular formula is C14H19N5O. The molecule has 3 heterocycles. The lowest BCUT2D eigenvalue weighted by molar-refractivity contribution is -0.140. The maximum absolute atomic E-state index is 12.3. The number of aryl methyl sites for hydroxylation is 2. The van der Waals surface area contributed by atoms with Crippen molar-refractivity contribution in [3.63, 3.8) is 0 Å². The van der Waals surface area contributed by atoms with Crippen molar-refractivity contribution in [2.75, 3.05) is 13.1 Å². The first kappa shape index (κ1) is 12.9. The van der Waals surface area contributed by atoms with Gasteiger partial charge in [-0.05, 0) is 26.8 Å². The highest BCUT2D eigenvalue weighted by Crippen LogP contribution is 2.25. The molecule has 6 nitrogen and oxygen atoms in total. The average Bonchev–Trinajstić information content (AvgIpc) is 2.97. The minimum Gasteiger partial charge on any atom is -0.336 e. The SMILES string of the molecule is Cc1cc(C)n(C2CN(C(=O)[C@H](C)n3ccnc3)C2)n1. The largest absolute Gasteiger partial charge is 0.336 e. The first-order valence-corrected chi connectivity index (χ1v) is 6.85. The number of aromatic nitrogens is 4. The Bertz CT molecular complexity index is 610. The van der Waals surface area contributed by atoms with Crippen molar-refractivity contribution in [3.8, 4) is 0 Å². The van der Waals surface area contributed by atoms with Crippen LogP contribution in [-0.2, 0) is 4.79 Å². The average molecular weight is 273 g/mol. The predicted molar refractivity (Wildman–Crippen MR) is 74.3 cm³/mol. The van der Waals surface area contributed by atoms with Gasteiger partial charge in [-0.2, -0.15) is 5.10 Å². The molecule has 6 heteroatoms. The van der Waals surface area contributed by atoms with Crippen molar-refractivity contribution < 1.29 is 4.79 Å². The van der Waals surface area contributed by atoms with Gasteiger partial charge in [-0.15, -0.1) is 0 Å². The number of hydrogen-bond acceptors (Lipinski definition) is 3. The summed E-state index contributed by atoms with van der Waals surface area (Å²) >= 11 is 0. The molecule has 0 aromatic carbocycles. The van der Waals surface area contributed by atoms with Gasteiger partial charge in [0.15, 0.2) is 0 Å². The number of rotatable bonds is 3. The Hall–Kier alpha value is -2.11. The van der Waals surface area contributed by atoms with E-state index in [1.807, 2.05) is 34.2 Å². The van der Waals surface area contributed by atoms with Gasteiger partial charge < -0.3 is 9.47 Å². The fourth-order valence-corrected chi connectivity index (χ4v) is 2.70. The van der Waals surface area contributed by atoms with E-state index in [0.29, 0.717) is 6.04 Å². The molecule has 2 aromatic rings. The van der Waals surface area contributed by atoms with Gasteiger partial charge in [0, 0.05) is 31.2 Å². The van der Waals surface area contributed by atoms with Crippen LogP contribution >= 0.6 is 0 Å². The second-order valence-corrected chi connectivity index (χ2v) is 5.45. The zero-order valence-electron chi connectivity index (χ0n) is 12.0. The number of amides is 1. The molecule has 1 aliphatic heterocycles. The monoisotopic (exact) mass is 273 g/mol. The van der Waals surface area contributed by atoms with Crippen molar-refractivity contribution in [1.82, 2.24) is 24.2 Å². The van der Waals surface area contributed by atoms with Crippen LogP contribution in [0, 0.1) is 13.8 Å². The molecule has 0 radical (unpaired) electrons. The van der Waals surface area contributed by atoms with E-state index in [4.69, 9.17) is 0 Å². The first-order valence-electron chi connectivity index (χ1n) is 6.85. The maximum Gasteiger partial charge on any atom is 0.245 e. The third kappa shape index (κ3) is 2.11. The minimum atomic E-state index is -0.195. The van der Waals surface area contributed by atoms with E-state index in [-0.39, 0.29) is 11.9 Å². The molecule has 20 heavy (non-hydrogen) atoms. The van der Waals surface area contributed by atoms with Crippen LogP contribution in [0.25, 0.3) is 0 Å². The Morgan fingerprint density at radius 1 is 1.40 bits per heavy atom. The number of imidazole rings is 1. The molecule has 106 valence electrons. The fourth-order valence-electron chi connectivity index (χ4n) is 2.70. The molecule has 1 amide bonds. The molecule has 3 rings (SSSR count). The lowest BCUT2D eigenvalue weighted by Crippen LogP contribution is -2.52. The Kier molecular flexibility index (Phi) is 3.08. The van der Waals surface area contributed by atoms with Crippen LogP contribution in [0.5, 0.6) is 0 Å². The molecule has 0 spiro atoms. The highest BCUT2D eigenvalue weighted by molar-refractivity contribution is 5.80. The van der Waals surface area contributed by atoms with Crippen molar-refractivity contribution in [1.29, 1.82) is 0 Å². The lowest BCUT2D eigenvalue weighted by atomic mass is 10.1. The van der Waals surface area contributed by atoms with E-state index in [1.54, 1.807) is 12.5 Å². The number of hydrogen-bond donors (Lipinski definition) is 0. The van der Waals surface area contributed by atoms with E-state index in [2.05, 4.69) is 23.1 Å². The van der Waals surface area contributed by atoms with E-state index in [9.17, 15) is 4.79 Å². The summed E-state index contributed by atoms with van der Waals surface area (Å²) in [6.45, 7) is 7.42. The van der Waals surface area contributed by atoms with Gasteiger partial charge in [0.1, 0.15) is 6.04 Å². The summed E-state index contributed by atoms with van der Waals surface area (Å²) in [6.07, 6.45) is 5.19. The van der Waals surface area contributed by atoms with E-state index < -0.39 is 0 Å². The highest BCUT2D eigenvalue weighted by atomic mass is 16.2. The summed E-state index contributed by atoms with van der Waals surface area (Å²) in [6, 6.07) is 2.18. The van der Waals surface area contributed by atoms with Crippen molar-refractivity contribution in [2.45, 2.75) is 32.9 Å². The van der Waals surface area contributed by atoms with Gasteiger partial charge in [0.25, 0.3) is 0 Å². The Morgan fingerprint density at radius 3 is 2.70 bits per heavy atom. The van der Waals surface area contributed by atoms with Gasteiger partial charge in [-0.25, -0.2) is 4.98 Å². The molecule has 1 aliphatic rings. The molecular weight excluding hydrogens is 254 g/mol. The summed E-state index contributed by atoms with van der Waals surface area (Å²) in [5.41, 5.74) is 2.18. The Labute approximate surface area is 118 Å². The van der Waals surface area contributed by atoms with E-state index in [1.165, 1.54) is 0 Å². The van der Waals surface area contributed by atoms with E-state index >= 15 is 0 Å². The quantitative estimate of drug-likeness (QED) is 0.848. The molecule has 0 unspecified atom stereocenters. The number of carbonyl (C=O) groups excluding carboxylic acids is 1. The first-order chi connectivity index (χ1) is 9.56. The van der Waals surface area contributed by atoms with Crippen LogP contribution < -0.4 is 0 Å². The molecule has 0 saturated carbocycles. The zero-order chi connectivity index (χ0) is 14.3. The third-order valence-electron chi connectivity index (χ3n) is 3.89. The van der Waals surface area contributed by atoms with Crippen LogP contribution in [0.3, 0.4) is 0 Å². The third-order valence-corrected chi connectivity index (χ3v) is 3.89.